The van der Waals surface area contributed by atoms with E-state index in [1.54, 1.807) is 0 Å². The highest BCUT2D eigenvalue weighted by molar-refractivity contribution is 5.83. The molecule has 23 heavy (non-hydrogen) atoms. The van der Waals surface area contributed by atoms with Crippen molar-refractivity contribution in [3.05, 3.63) is 0 Å². The lowest BCUT2D eigenvalue weighted by Gasteiger charge is -2.30. The number of nitrogens with zero attached hydrogens (tertiary/aromatic N) is 2. The summed E-state index contributed by atoms with van der Waals surface area (Å²) in [4.78, 5) is 28.2. The molecule has 0 aromatic heterocycles. The molecule has 2 aliphatic rings. The first kappa shape index (κ1) is 18.2. The van der Waals surface area contributed by atoms with Gasteiger partial charge in [0, 0.05) is 45.6 Å². The van der Waals surface area contributed by atoms with E-state index in [0.29, 0.717) is 19.4 Å². The number of likely N-dealkylation sites (N-methyl/N-ethyl adjacent to an activating group) is 1. The lowest BCUT2D eigenvalue weighted by molar-refractivity contribution is -0.133. The number of likely N-dealkylation sites (tertiary alicyclic amines) is 1. The summed E-state index contributed by atoms with van der Waals surface area (Å²) in [5.41, 5.74) is 0. The van der Waals surface area contributed by atoms with Crippen LogP contribution in [0.1, 0.15) is 44.9 Å². The Morgan fingerprint density at radius 1 is 1.09 bits per heavy atom. The predicted molar refractivity (Wildman–Crippen MR) is 89.1 cm³/mol. The second-order valence-corrected chi connectivity index (χ2v) is 6.69. The Balaban J connectivity index is 1.56. The van der Waals surface area contributed by atoms with Crippen LogP contribution in [0.3, 0.4) is 0 Å². The zero-order valence-electron chi connectivity index (χ0n) is 14.4. The number of rotatable bonds is 6. The molecule has 2 saturated heterocycles. The van der Waals surface area contributed by atoms with E-state index in [0.717, 1.165) is 52.0 Å². The smallest absolute Gasteiger partial charge is 0.223 e. The number of hydrogen-bond donors (Lipinski definition) is 1. The van der Waals surface area contributed by atoms with Gasteiger partial charge in [-0.05, 0) is 26.3 Å². The fraction of sp³-hybridized carbons (Fsp3) is 0.882. The molecular weight excluding hydrogens is 294 g/mol. The maximum absolute atomic E-state index is 12.1. The zero-order chi connectivity index (χ0) is 16.5. The molecular formula is C17H31N3O3. The first-order valence-electron chi connectivity index (χ1n) is 9.00. The van der Waals surface area contributed by atoms with Crippen molar-refractivity contribution >= 4 is 11.8 Å². The van der Waals surface area contributed by atoms with E-state index in [1.807, 2.05) is 4.90 Å². The number of carbonyl (C=O) groups excluding carboxylic acids is 2. The number of hydrogen-bond acceptors (Lipinski definition) is 4. The van der Waals surface area contributed by atoms with E-state index in [9.17, 15) is 9.59 Å². The van der Waals surface area contributed by atoms with Gasteiger partial charge in [0.25, 0.3) is 0 Å². The first-order valence-corrected chi connectivity index (χ1v) is 9.00. The Kier molecular flexibility index (Phi) is 7.82. The van der Waals surface area contributed by atoms with Crippen LogP contribution in [0.25, 0.3) is 0 Å². The number of nitrogens with one attached hydrogen (secondary N) is 1. The molecule has 2 aliphatic heterocycles. The van der Waals surface area contributed by atoms with E-state index < -0.39 is 0 Å². The van der Waals surface area contributed by atoms with Gasteiger partial charge >= 0.3 is 0 Å². The quantitative estimate of drug-likeness (QED) is 0.792. The van der Waals surface area contributed by atoms with Crippen molar-refractivity contribution in [1.82, 2.24) is 15.1 Å². The third-order valence-corrected chi connectivity index (χ3v) is 4.66. The molecule has 2 rings (SSSR count). The van der Waals surface area contributed by atoms with Crippen molar-refractivity contribution in [1.29, 1.82) is 0 Å². The Morgan fingerprint density at radius 2 is 1.83 bits per heavy atom. The van der Waals surface area contributed by atoms with Crippen molar-refractivity contribution in [2.24, 2.45) is 0 Å². The van der Waals surface area contributed by atoms with Gasteiger partial charge in [0.2, 0.25) is 11.8 Å². The standard InChI is InChI=1S/C17H31N3O3/c1-19-12-13-23-15(14-19)8-9-18-16(21)6-7-17(22)20-10-4-2-3-5-11-20/h15H,2-14H2,1H3,(H,18,21). The van der Waals surface area contributed by atoms with Crippen LogP contribution in [0.2, 0.25) is 0 Å². The second kappa shape index (κ2) is 9.88. The van der Waals surface area contributed by atoms with E-state index in [2.05, 4.69) is 17.3 Å². The fourth-order valence-corrected chi connectivity index (χ4v) is 3.20. The summed E-state index contributed by atoms with van der Waals surface area (Å²) in [6, 6.07) is 0. The summed E-state index contributed by atoms with van der Waals surface area (Å²) in [6.07, 6.45) is 6.26. The van der Waals surface area contributed by atoms with E-state index >= 15 is 0 Å². The van der Waals surface area contributed by atoms with E-state index in [1.165, 1.54) is 12.8 Å². The summed E-state index contributed by atoms with van der Waals surface area (Å²) < 4.78 is 5.67. The first-order chi connectivity index (χ1) is 11.1. The maximum atomic E-state index is 12.1. The van der Waals surface area contributed by atoms with Crippen molar-refractivity contribution in [3.63, 3.8) is 0 Å². The molecule has 0 aromatic carbocycles. The molecule has 2 heterocycles. The van der Waals surface area contributed by atoms with Crippen LogP contribution in [-0.2, 0) is 14.3 Å². The summed E-state index contributed by atoms with van der Waals surface area (Å²) in [5, 5.41) is 2.91. The van der Waals surface area contributed by atoms with Gasteiger partial charge in [-0.25, -0.2) is 0 Å². The Bertz CT molecular complexity index is 381. The van der Waals surface area contributed by atoms with Crippen molar-refractivity contribution in [2.45, 2.75) is 51.0 Å². The van der Waals surface area contributed by atoms with Crippen LogP contribution in [0.4, 0.5) is 0 Å². The van der Waals surface area contributed by atoms with Gasteiger partial charge in [-0.1, -0.05) is 12.8 Å². The lowest BCUT2D eigenvalue weighted by atomic mass is 10.2. The molecule has 1 atom stereocenters. The molecule has 6 heteroatoms. The molecule has 0 aliphatic carbocycles. The van der Waals surface area contributed by atoms with Crippen LogP contribution in [0.5, 0.6) is 0 Å². The highest BCUT2D eigenvalue weighted by atomic mass is 16.5. The van der Waals surface area contributed by atoms with Crippen LogP contribution in [0, 0.1) is 0 Å². The Morgan fingerprint density at radius 3 is 2.52 bits per heavy atom. The van der Waals surface area contributed by atoms with Gasteiger partial charge < -0.3 is 19.9 Å². The largest absolute Gasteiger partial charge is 0.375 e. The van der Waals surface area contributed by atoms with Gasteiger partial charge in [0.15, 0.2) is 0 Å². The minimum Gasteiger partial charge on any atom is -0.375 e. The van der Waals surface area contributed by atoms with Crippen LogP contribution < -0.4 is 5.32 Å². The molecule has 132 valence electrons. The minimum atomic E-state index is -0.0302. The van der Waals surface area contributed by atoms with Crippen molar-refractivity contribution in [3.8, 4) is 0 Å². The normalized spacial score (nSPS) is 23.3. The number of ether oxygens (including phenoxy) is 1. The lowest BCUT2D eigenvalue weighted by Crippen LogP contribution is -2.41. The molecule has 1 N–H and O–H groups in total. The van der Waals surface area contributed by atoms with Gasteiger partial charge in [0.05, 0.1) is 12.7 Å². The van der Waals surface area contributed by atoms with E-state index in [-0.39, 0.29) is 17.9 Å². The van der Waals surface area contributed by atoms with Gasteiger partial charge in [-0.15, -0.1) is 0 Å². The molecule has 1 unspecified atom stereocenters. The summed E-state index contributed by atoms with van der Waals surface area (Å²) in [7, 11) is 2.09. The van der Waals surface area contributed by atoms with Gasteiger partial charge in [-0.2, -0.15) is 0 Å². The monoisotopic (exact) mass is 325 g/mol. The maximum Gasteiger partial charge on any atom is 0.223 e. The van der Waals surface area contributed by atoms with Gasteiger partial charge in [0.1, 0.15) is 0 Å². The van der Waals surface area contributed by atoms with Crippen molar-refractivity contribution < 1.29 is 14.3 Å². The molecule has 0 bridgehead atoms. The SMILES string of the molecule is CN1CCOC(CCNC(=O)CCC(=O)N2CCCCCC2)C1. The van der Waals surface area contributed by atoms with Crippen LogP contribution in [0.15, 0.2) is 0 Å². The second-order valence-electron chi connectivity index (χ2n) is 6.69. The fourth-order valence-electron chi connectivity index (χ4n) is 3.20. The third-order valence-electron chi connectivity index (χ3n) is 4.66. The third kappa shape index (κ3) is 6.87. The van der Waals surface area contributed by atoms with Crippen LogP contribution in [-0.4, -0.2) is 74.1 Å². The molecule has 2 fully saturated rings. The van der Waals surface area contributed by atoms with Crippen LogP contribution >= 0.6 is 0 Å². The molecule has 2 amide bonds. The summed E-state index contributed by atoms with van der Waals surface area (Å²) in [6.45, 7) is 4.99. The molecule has 0 saturated carbocycles. The number of amides is 2. The average Bonchev–Trinajstić information content (AvgIpc) is 2.82. The highest BCUT2D eigenvalue weighted by Crippen LogP contribution is 2.11. The summed E-state index contributed by atoms with van der Waals surface area (Å²) in [5.74, 6) is 0.0941. The Hall–Kier alpha value is -1.14. The zero-order valence-corrected chi connectivity index (χ0v) is 14.4. The Labute approximate surface area is 139 Å². The summed E-state index contributed by atoms with van der Waals surface area (Å²) >= 11 is 0. The topological polar surface area (TPSA) is 61.9 Å². The van der Waals surface area contributed by atoms with E-state index in [4.69, 9.17) is 4.74 Å². The molecule has 0 aromatic rings. The average molecular weight is 325 g/mol. The van der Waals surface area contributed by atoms with Crippen molar-refractivity contribution in [2.75, 3.05) is 46.4 Å². The highest BCUT2D eigenvalue weighted by Gasteiger charge is 2.18. The predicted octanol–water partition coefficient (Wildman–Crippen LogP) is 1.01. The number of carbonyl (C=O) groups is 2. The molecule has 0 radical (unpaired) electrons. The number of morpholine rings is 1. The molecule has 6 nitrogen and oxygen atoms in total. The molecule has 0 spiro atoms. The minimum absolute atomic E-state index is 0.0302. The van der Waals surface area contributed by atoms with Gasteiger partial charge in [-0.3, -0.25) is 9.59 Å².